The lowest BCUT2D eigenvalue weighted by molar-refractivity contribution is -0.138. The number of carboxylic acid groups (broad SMARTS) is 2. The number of aliphatic carboxylic acids is 2. The lowest BCUT2D eigenvalue weighted by Crippen LogP contribution is -2.55. The number of hydrogen-bond acceptors (Lipinski definition) is 6. The summed E-state index contributed by atoms with van der Waals surface area (Å²) in [4.78, 5) is 31.7. The number of benzene rings is 4. The van der Waals surface area contributed by atoms with Crippen LogP contribution in [0.3, 0.4) is 0 Å². The van der Waals surface area contributed by atoms with Gasteiger partial charge in [0.2, 0.25) is 0 Å². The number of aryl methyl sites for hydroxylation is 4. The molecule has 8 nitrogen and oxygen atoms in total. The van der Waals surface area contributed by atoms with E-state index in [0.29, 0.717) is 11.8 Å². The quantitative estimate of drug-likeness (QED) is 0.200. The molecule has 50 heavy (non-hydrogen) atoms. The molecule has 10 heteroatoms. The van der Waals surface area contributed by atoms with E-state index in [1.807, 2.05) is 0 Å². The van der Waals surface area contributed by atoms with E-state index in [1.54, 1.807) is 0 Å². The Hall–Kier alpha value is -4.40. The third-order valence-electron chi connectivity index (χ3n) is 9.77. The number of rotatable bonds is 5. The summed E-state index contributed by atoms with van der Waals surface area (Å²) in [6.45, 7) is 11.5. The Morgan fingerprint density at radius 2 is 0.760 bits per heavy atom. The summed E-state index contributed by atoms with van der Waals surface area (Å²) in [5, 5.41) is 18.7. The molecule has 0 unspecified atom stereocenters. The topological polar surface area (TPSA) is 87.6 Å². The van der Waals surface area contributed by atoms with E-state index in [1.165, 1.54) is 67.3 Å². The van der Waals surface area contributed by atoms with E-state index in [4.69, 9.17) is 23.2 Å². The highest BCUT2D eigenvalue weighted by Crippen LogP contribution is 2.44. The molecule has 0 saturated carbocycles. The molecule has 0 atom stereocenters. The average molecular weight is 716 g/mol. The molecular formula is C40H44Cl2N4O4. The second-order valence-electron chi connectivity index (χ2n) is 13.6. The first-order valence-corrected chi connectivity index (χ1v) is 18.0. The van der Waals surface area contributed by atoms with Crippen molar-refractivity contribution in [2.75, 3.05) is 31.4 Å². The fraction of sp³-hybridized carbons (Fsp3) is 0.350. The average Bonchev–Trinajstić information content (AvgIpc) is 3.05. The minimum absolute atomic E-state index is 0.113. The molecule has 0 aromatic heterocycles. The lowest BCUT2D eigenvalue weighted by Gasteiger charge is -2.51. The van der Waals surface area contributed by atoms with Crippen LogP contribution in [0.15, 0.2) is 72.8 Å². The van der Waals surface area contributed by atoms with Crippen molar-refractivity contribution in [1.29, 1.82) is 0 Å². The van der Waals surface area contributed by atoms with E-state index in [0.717, 1.165) is 26.2 Å². The minimum Gasteiger partial charge on any atom is -0.481 e. The van der Waals surface area contributed by atoms with Gasteiger partial charge in [0.15, 0.2) is 0 Å². The van der Waals surface area contributed by atoms with Crippen LogP contribution in [0.25, 0.3) is 0 Å². The van der Waals surface area contributed by atoms with Crippen LogP contribution in [0.1, 0.15) is 57.3 Å². The highest BCUT2D eigenvalue weighted by Gasteiger charge is 2.40. The molecule has 4 aromatic rings. The zero-order valence-corrected chi connectivity index (χ0v) is 30.5. The third kappa shape index (κ3) is 7.23. The van der Waals surface area contributed by atoms with Crippen LogP contribution in [-0.2, 0) is 35.8 Å². The summed E-state index contributed by atoms with van der Waals surface area (Å²) in [6, 6.07) is 25.8. The van der Waals surface area contributed by atoms with Crippen LogP contribution in [0, 0.1) is 27.7 Å². The SMILES string of the molecule is Cc1ccc2c(c1)CN1c3ccc(C)cc3CN2C1CC(=O)O.Cc1ccc2c(c1)CN1c3ccc(C)cc3CN2C1CC(=O)O.ClCCCl. The predicted octanol–water partition coefficient (Wildman–Crippen LogP) is 8.35. The van der Waals surface area contributed by atoms with Gasteiger partial charge in [-0.15, -0.1) is 23.2 Å². The van der Waals surface area contributed by atoms with Crippen molar-refractivity contribution < 1.29 is 19.8 Å². The molecule has 0 radical (unpaired) electrons. The van der Waals surface area contributed by atoms with Gasteiger partial charge in [0, 0.05) is 60.7 Å². The molecule has 4 bridgehead atoms. The summed E-state index contributed by atoms with van der Waals surface area (Å²) in [5.74, 6) is -0.393. The first-order valence-electron chi connectivity index (χ1n) is 17.0. The Labute approximate surface area is 304 Å². The zero-order valence-electron chi connectivity index (χ0n) is 29.0. The van der Waals surface area contributed by atoms with Crippen molar-refractivity contribution in [2.24, 2.45) is 0 Å². The number of alkyl halides is 2. The van der Waals surface area contributed by atoms with Crippen molar-refractivity contribution in [1.82, 2.24) is 0 Å². The number of nitrogens with zero attached hydrogens (tertiary/aromatic N) is 4. The molecule has 4 aliphatic heterocycles. The molecule has 0 spiro atoms. The van der Waals surface area contributed by atoms with Crippen molar-refractivity contribution in [3.8, 4) is 0 Å². The Morgan fingerprint density at radius 1 is 0.520 bits per heavy atom. The van der Waals surface area contributed by atoms with Gasteiger partial charge in [-0.3, -0.25) is 9.59 Å². The molecule has 262 valence electrons. The molecule has 0 aliphatic carbocycles. The van der Waals surface area contributed by atoms with Crippen molar-refractivity contribution >= 4 is 57.9 Å². The van der Waals surface area contributed by atoms with Crippen LogP contribution in [-0.4, -0.2) is 46.2 Å². The lowest BCUT2D eigenvalue weighted by atomic mass is 9.95. The normalized spacial score (nSPS) is 15.4. The van der Waals surface area contributed by atoms with Crippen LogP contribution in [0.5, 0.6) is 0 Å². The Bertz CT molecular complexity index is 1660. The zero-order chi connectivity index (χ0) is 35.7. The molecular weight excluding hydrogens is 671 g/mol. The number of hydrogen-bond donors (Lipinski definition) is 2. The van der Waals surface area contributed by atoms with Gasteiger partial charge < -0.3 is 29.8 Å². The Kier molecular flexibility index (Phi) is 10.5. The van der Waals surface area contributed by atoms with Crippen molar-refractivity contribution in [3.05, 3.63) is 117 Å². The first kappa shape index (κ1) is 35.4. The molecule has 2 N–H and O–H groups in total. The van der Waals surface area contributed by atoms with Crippen molar-refractivity contribution in [2.45, 2.75) is 79.0 Å². The Balaban J connectivity index is 0.000000156. The van der Waals surface area contributed by atoms with Crippen LogP contribution >= 0.6 is 23.2 Å². The fourth-order valence-corrected chi connectivity index (χ4v) is 7.71. The van der Waals surface area contributed by atoms with Crippen LogP contribution in [0.2, 0.25) is 0 Å². The van der Waals surface area contributed by atoms with Gasteiger partial charge in [0.1, 0.15) is 12.3 Å². The smallest absolute Gasteiger partial charge is 0.307 e. The van der Waals surface area contributed by atoms with E-state index in [-0.39, 0.29) is 25.2 Å². The monoisotopic (exact) mass is 714 g/mol. The minimum atomic E-state index is -0.754. The van der Waals surface area contributed by atoms with E-state index in [2.05, 4.69) is 120 Å². The second kappa shape index (κ2) is 14.8. The summed E-state index contributed by atoms with van der Waals surface area (Å²) in [7, 11) is 0. The largest absolute Gasteiger partial charge is 0.481 e. The van der Waals surface area contributed by atoms with Crippen LogP contribution in [0.4, 0.5) is 22.7 Å². The van der Waals surface area contributed by atoms with Crippen LogP contribution < -0.4 is 19.6 Å². The van der Waals surface area contributed by atoms with E-state index < -0.39 is 11.9 Å². The maximum absolute atomic E-state index is 11.4. The standard InChI is InChI=1S/2C19H20N2O2.C2H4Cl2/c2*1-12-3-5-16-14(7-12)10-20-17-6-4-13(2)8-15(17)11-21(16)18(20)9-19(22)23;3-1-2-4/h2*3-8,18H,9-11H2,1-2H3,(H,22,23);1-2H2. The summed E-state index contributed by atoms with van der Waals surface area (Å²) < 4.78 is 0. The molecule has 0 fully saturated rings. The van der Waals surface area contributed by atoms with Gasteiger partial charge in [-0.1, -0.05) is 70.8 Å². The number of anilines is 4. The first-order chi connectivity index (χ1) is 24.0. The summed E-state index contributed by atoms with van der Waals surface area (Å²) >= 11 is 10.1. The molecule has 0 amide bonds. The number of halogens is 2. The summed E-state index contributed by atoms with van der Waals surface area (Å²) in [5.41, 5.74) is 14.8. The van der Waals surface area contributed by atoms with Crippen molar-refractivity contribution in [3.63, 3.8) is 0 Å². The molecule has 8 rings (SSSR count). The van der Waals surface area contributed by atoms with Gasteiger partial charge in [-0.25, -0.2) is 0 Å². The number of carboxylic acids is 2. The highest BCUT2D eigenvalue weighted by molar-refractivity contribution is 6.25. The van der Waals surface area contributed by atoms with Gasteiger partial charge in [-0.05, 0) is 74.2 Å². The predicted molar refractivity (Wildman–Crippen MR) is 203 cm³/mol. The third-order valence-corrected chi connectivity index (χ3v) is 10.3. The molecule has 4 aliphatic rings. The van der Waals surface area contributed by atoms with Gasteiger partial charge in [0.25, 0.3) is 0 Å². The fourth-order valence-electron chi connectivity index (χ4n) is 7.71. The maximum atomic E-state index is 11.4. The number of carbonyl (C=O) groups is 2. The van der Waals surface area contributed by atoms with E-state index >= 15 is 0 Å². The molecule has 4 aromatic carbocycles. The second-order valence-corrected chi connectivity index (χ2v) is 14.3. The van der Waals surface area contributed by atoms with Gasteiger partial charge in [-0.2, -0.15) is 0 Å². The maximum Gasteiger partial charge on any atom is 0.307 e. The molecule has 0 saturated heterocycles. The number of fused-ring (bicyclic) bond motifs is 12. The highest BCUT2D eigenvalue weighted by atomic mass is 35.5. The Morgan fingerprint density at radius 3 is 0.960 bits per heavy atom. The van der Waals surface area contributed by atoms with Gasteiger partial charge >= 0.3 is 11.9 Å². The summed E-state index contributed by atoms with van der Waals surface area (Å²) in [6.07, 6.45) is 0.0252. The molecule has 4 heterocycles. The van der Waals surface area contributed by atoms with Gasteiger partial charge in [0.05, 0.1) is 12.8 Å². The van der Waals surface area contributed by atoms with E-state index in [9.17, 15) is 19.8 Å².